The van der Waals surface area contributed by atoms with E-state index in [1.807, 2.05) is 57.2 Å². The third-order valence-electron chi connectivity index (χ3n) is 4.48. The van der Waals surface area contributed by atoms with Crippen LogP contribution in [-0.4, -0.2) is 42.5 Å². The van der Waals surface area contributed by atoms with Crippen LogP contribution in [0.2, 0.25) is 0 Å². The van der Waals surface area contributed by atoms with Gasteiger partial charge in [-0.25, -0.2) is 0 Å². The summed E-state index contributed by atoms with van der Waals surface area (Å²) < 4.78 is 11.9. The van der Waals surface area contributed by atoms with Gasteiger partial charge in [-0.3, -0.25) is 9.59 Å². The first-order valence-electron chi connectivity index (χ1n) is 9.95. The highest BCUT2D eigenvalue weighted by atomic mass is 79.9. The van der Waals surface area contributed by atoms with Crippen molar-refractivity contribution in [3.63, 3.8) is 0 Å². The minimum atomic E-state index is -0.598. The fourth-order valence-electron chi connectivity index (χ4n) is 3.03. The summed E-state index contributed by atoms with van der Waals surface area (Å²) >= 11 is 3.38. The number of carbonyl (C=O) groups excluding carboxylic acids is 2. The molecule has 0 aliphatic rings. The summed E-state index contributed by atoms with van der Waals surface area (Å²) in [5, 5.41) is 2.91. The molecule has 1 N–H and O–H groups in total. The largest absolute Gasteiger partial charge is 0.497 e. The molecule has 0 saturated carbocycles. The molecule has 0 fully saturated rings. The molecule has 7 heteroatoms. The lowest BCUT2D eigenvalue weighted by molar-refractivity contribution is -0.143. The fourth-order valence-corrected chi connectivity index (χ4v) is 3.29. The number of halogens is 1. The Morgan fingerprint density at radius 1 is 1.10 bits per heavy atom. The molecule has 2 aromatic rings. The van der Waals surface area contributed by atoms with E-state index in [1.54, 1.807) is 24.1 Å². The summed E-state index contributed by atoms with van der Waals surface area (Å²) in [4.78, 5) is 27.5. The van der Waals surface area contributed by atoms with E-state index in [0.29, 0.717) is 17.9 Å². The van der Waals surface area contributed by atoms with Gasteiger partial charge in [0.15, 0.2) is 6.61 Å². The molecule has 1 atom stereocenters. The van der Waals surface area contributed by atoms with Crippen molar-refractivity contribution >= 4 is 27.7 Å². The van der Waals surface area contributed by atoms with E-state index >= 15 is 0 Å². The second-order valence-corrected chi connectivity index (χ2v) is 8.12. The molecule has 0 radical (unpaired) electrons. The van der Waals surface area contributed by atoms with E-state index in [9.17, 15) is 9.59 Å². The van der Waals surface area contributed by atoms with Crippen molar-refractivity contribution in [2.75, 3.05) is 13.7 Å². The van der Waals surface area contributed by atoms with Gasteiger partial charge in [-0.05, 0) is 62.2 Å². The van der Waals surface area contributed by atoms with Crippen LogP contribution in [0.15, 0.2) is 53.0 Å². The smallest absolute Gasteiger partial charge is 0.261 e. The Morgan fingerprint density at radius 2 is 1.80 bits per heavy atom. The minimum absolute atomic E-state index is 0.0145. The second-order valence-electron chi connectivity index (χ2n) is 7.20. The quantitative estimate of drug-likeness (QED) is 0.558. The van der Waals surface area contributed by atoms with Gasteiger partial charge in [0.1, 0.15) is 17.5 Å². The van der Waals surface area contributed by atoms with E-state index in [-0.39, 0.29) is 31.0 Å². The average Bonchev–Trinajstić information content (AvgIpc) is 2.72. The van der Waals surface area contributed by atoms with Crippen LogP contribution in [0, 0.1) is 0 Å². The monoisotopic (exact) mass is 476 g/mol. The minimum Gasteiger partial charge on any atom is -0.497 e. The molecule has 162 valence electrons. The number of methoxy groups -OCH3 is 1. The molecule has 0 heterocycles. The summed E-state index contributed by atoms with van der Waals surface area (Å²) in [6, 6.07) is 14.1. The lowest BCUT2D eigenvalue weighted by Gasteiger charge is -2.31. The highest BCUT2D eigenvalue weighted by molar-refractivity contribution is 9.10. The average molecular weight is 477 g/mol. The topological polar surface area (TPSA) is 67.9 Å². The summed E-state index contributed by atoms with van der Waals surface area (Å²) in [5.74, 6) is 0.858. The van der Waals surface area contributed by atoms with Crippen molar-refractivity contribution in [1.82, 2.24) is 10.2 Å². The summed E-state index contributed by atoms with van der Waals surface area (Å²) in [6.45, 7) is 5.82. The van der Waals surface area contributed by atoms with Crippen LogP contribution in [-0.2, 0) is 16.1 Å². The van der Waals surface area contributed by atoms with Gasteiger partial charge >= 0.3 is 0 Å². The zero-order chi connectivity index (χ0) is 22.1. The van der Waals surface area contributed by atoms with Gasteiger partial charge in [-0.1, -0.05) is 35.0 Å². The van der Waals surface area contributed by atoms with Gasteiger partial charge in [0.2, 0.25) is 5.91 Å². The second kappa shape index (κ2) is 11.6. The number of benzene rings is 2. The summed E-state index contributed by atoms with van der Waals surface area (Å²) in [6.07, 6.45) is 0.493. The maximum absolute atomic E-state index is 13.1. The normalized spacial score (nSPS) is 11.7. The molecule has 2 aromatic carbocycles. The number of ether oxygens (including phenoxy) is 2. The fraction of sp³-hybridized carbons (Fsp3) is 0.391. The maximum Gasteiger partial charge on any atom is 0.261 e. The molecule has 0 aliphatic carbocycles. The Balaban J connectivity index is 2.22. The summed E-state index contributed by atoms with van der Waals surface area (Å²) in [5.41, 5.74) is 0.877. The van der Waals surface area contributed by atoms with Crippen LogP contribution < -0.4 is 14.8 Å². The molecule has 2 amide bonds. The number of nitrogens with zero attached hydrogens (tertiary/aromatic N) is 1. The van der Waals surface area contributed by atoms with E-state index in [1.165, 1.54) is 0 Å². The standard InChI is InChI=1S/C23H29BrN2O4/c1-5-21(23(28)25-16(2)3)26(14-17-7-6-8-20(13-17)29-4)22(27)15-30-19-11-9-18(24)10-12-19/h6-13,16,21H,5,14-15H2,1-4H3,(H,25,28). The van der Waals surface area contributed by atoms with Gasteiger partial charge in [-0.2, -0.15) is 0 Å². The van der Waals surface area contributed by atoms with Crippen molar-refractivity contribution in [2.24, 2.45) is 0 Å². The number of hydrogen-bond acceptors (Lipinski definition) is 4. The van der Waals surface area contributed by atoms with Crippen LogP contribution in [0.25, 0.3) is 0 Å². The number of carbonyl (C=O) groups is 2. The van der Waals surface area contributed by atoms with Crippen LogP contribution >= 0.6 is 15.9 Å². The Labute approximate surface area is 186 Å². The molecule has 0 saturated heterocycles. The van der Waals surface area contributed by atoms with Crippen LogP contribution in [0.4, 0.5) is 0 Å². The predicted molar refractivity (Wildman–Crippen MR) is 121 cm³/mol. The predicted octanol–water partition coefficient (Wildman–Crippen LogP) is 4.17. The number of hydrogen-bond donors (Lipinski definition) is 1. The molecule has 6 nitrogen and oxygen atoms in total. The Bertz CT molecular complexity index is 839. The van der Waals surface area contributed by atoms with Crippen LogP contribution in [0.1, 0.15) is 32.8 Å². The highest BCUT2D eigenvalue weighted by Crippen LogP contribution is 2.19. The number of amides is 2. The first-order valence-corrected chi connectivity index (χ1v) is 10.7. The zero-order valence-corrected chi connectivity index (χ0v) is 19.4. The van der Waals surface area contributed by atoms with Gasteiger partial charge in [-0.15, -0.1) is 0 Å². The molecule has 0 aromatic heterocycles. The molecule has 0 aliphatic heterocycles. The lowest BCUT2D eigenvalue weighted by atomic mass is 10.1. The molecule has 0 bridgehead atoms. The Hall–Kier alpha value is -2.54. The van der Waals surface area contributed by atoms with E-state index in [0.717, 1.165) is 10.0 Å². The molecule has 0 spiro atoms. The SMILES string of the molecule is CCC(C(=O)NC(C)C)N(Cc1cccc(OC)c1)C(=O)COc1ccc(Br)cc1. The van der Waals surface area contributed by atoms with Crippen LogP contribution in [0.5, 0.6) is 11.5 Å². The lowest BCUT2D eigenvalue weighted by Crippen LogP contribution is -2.51. The molecule has 2 rings (SSSR count). The maximum atomic E-state index is 13.1. The van der Waals surface area contributed by atoms with Crippen molar-refractivity contribution in [3.05, 3.63) is 58.6 Å². The van der Waals surface area contributed by atoms with E-state index < -0.39 is 6.04 Å². The van der Waals surface area contributed by atoms with Crippen LogP contribution in [0.3, 0.4) is 0 Å². The Morgan fingerprint density at radius 3 is 2.40 bits per heavy atom. The molecular weight excluding hydrogens is 448 g/mol. The molecule has 1 unspecified atom stereocenters. The molecular formula is C23H29BrN2O4. The first kappa shape index (κ1) is 23.7. The van der Waals surface area contributed by atoms with E-state index in [4.69, 9.17) is 9.47 Å². The van der Waals surface area contributed by atoms with Gasteiger partial charge < -0.3 is 19.7 Å². The van der Waals surface area contributed by atoms with Crippen molar-refractivity contribution in [1.29, 1.82) is 0 Å². The highest BCUT2D eigenvalue weighted by Gasteiger charge is 2.29. The van der Waals surface area contributed by atoms with Crippen molar-refractivity contribution < 1.29 is 19.1 Å². The van der Waals surface area contributed by atoms with Gasteiger partial charge in [0, 0.05) is 17.1 Å². The molecule has 30 heavy (non-hydrogen) atoms. The third kappa shape index (κ3) is 7.06. The van der Waals surface area contributed by atoms with Gasteiger partial charge in [0.25, 0.3) is 5.91 Å². The third-order valence-corrected chi connectivity index (χ3v) is 5.01. The summed E-state index contributed by atoms with van der Waals surface area (Å²) in [7, 11) is 1.60. The van der Waals surface area contributed by atoms with Crippen molar-refractivity contribution in [3.8, 4) is 11.5 Å². The zero-order valence-electron chi connectivity index (χ0n) is 17.9. The van der Waals surface area contributed by atoms with Gasteiger partial charge in [0.05, 0.1) is 7.11 Å². The number of nitrogens with one attached hydrogen (secondary N) is 1. The Kier molecular flexibility index (Phi) is 9.17. The first-order chi connectivity index (χ1) is 14.3. The van der Waals surface area contributed by atoms with Crippen molar-refractivity contribution in [2.45, 2.75) is 45.8 Å². The number of rotatable bonds is 10. The van der Waals surface area contributed by atoms with E-state index in [2.05, 4.69) is 21.2 Å².